The number of rotatable bonds is 6. The number of piperazine rings is 1. The van der Waals surface area contributed by atoms with E-state index in [4.69, 9.17) is 4.74 Å². The summed E-state index contributed by atoms with van der Waals surface area (Å²) in [7, 11) is -2.30. The van der Waals surface area contributed by atoms with Crippen molar-refractivity contribution >= 4 is 21.6 Å². The third-order valence-electron chi connectivity index (χ3n) is 7.13. The smallest absolute Gasteiger partial charge is 0.495 e. The Balaban J connectivity index is 1.32. The molecule has 2 aliphatic rings. The van der Waals surface area contributed by atoms with Gasteiger partial charge in [-0.05, 0) is 47.9 Å². The minimum absolute atomic E-state index is 0.138. The standard InChI is InChI=1S/C28H28F3N3O5S/c1-38-26-11-10-22(40(36,37)34-13-12-20-6-2-3-7-21(20)19-34)18-24(26)32-14-16-33(17-15-32)27(35)23-8-4-5-9-25(23)39-28(29,30)31/h2-11,18H,12-17,19H2,1H3. The number of hydrogen-bond donors (Lipinski definition) is 0. The minimum atomic E-state index is -4.92. The molecule has 1 fully saturated rings. The summed E-state index contributed by atoms with van der Waals surface area (Å²) in [5, 5.41) is 0. The van der Waals surface area contributed by atoms with E-state index < -0.39 is 28.0 Å². The van der Waals surface area contributed by atoms with Gasteiger partial charge in [-0.25, -0.2) is 8.42 Å². The molecule has 5 rings (SSSR count). The number of sulfonamides is 1. The molecule has 0 aromatic heterocycles. The Bertz CT molecular complexity index is 1510. The van der Waals surface area contributed by atoms with Gasteiger partial charge in [-0.1, -0.05) is 36.4 Å². The van der Waals surface area contributed by atoms with E-state index in [1.807, 2.05) is 29.2 Å². The van der Waals surface area contributed by atoms with Crippen molar-refractivity contribution in [3.8, 4) is 11.5 Å². The average Bonchev–Trinajstić information content (AvgIpc) is 2.95. The molecular formula is C28H28F3N3O5S. The fourth-order valence-electron chi connectivity index (χ4n) is 5.08. The number of alkyl halides is 3. The molecule has 12 heteroatoms. The zero-order chi connectivity index (χ0) is 28.5. The SMILES string of the molecule is COc1ccc(S(=O)(=O)N2CCc3ccccc3C2)cc1N1CCN(C(=O)c2ccccc2OC(F)(F)F)CC1. The van der Waals surface area contributed by atoms with E-state index in [1.54, 1.807) is 12.1 Å². The molecular weight excluding hydrogens is 547 g/mol. The molecule has 3 aromatic carbocycles. The van der Waals surface area contributed by atoms with Crippen LogP contribution in [0.1, 0.15) is 21.5 Å². The zero-order valence-electron chi connectivity index (χ0n) is 21.7. The van der Waals surface area contributed by atoms with Gasteiger partial charge in [0.05, 0.1) is 23.3 Å². The molecule has 2 heterocycles. The molecule has 40 heavy (non-hydrogen) atoms. The van der Waals surface area contributed by atoms with Crippen LogP contribution in [0.15, 0.2) is 71.6 Å². The molecule has 212 valence electrons. The monoisotopic (exact) mass is 575 g/mol. The second-order valence-electron chi connectivity index (χ2n) is 9.51. The molecule has 0 unspecified atom stereocenters. The summed E-state index contributed by atoms with van der Waals surface area (Å²) in [6.45, 7) is 1.74. The molecule has 3 aromatic rings. The summed E-state index contributed by atoms with van der Waals surface area (Å²) in [6.07, 6.45) is -4.29. The van der Waals surface area contributed by atoms with Crippen LogP contribution < -0.4 is 14.4 Å². The number of benzene rings is 3. The Morgan fingerprint density at radius 3 is 2.23 bits per heavy atom. The van der Waals surface area contributed by atoms with Crippen LogP contribution in [-0.2, 0) is 23.0 Å². The summed E-state index contributed by atoms with van der Waals surface area (Å²) in [4.78, 5) is 16.6. The van der Waals surface area contributed by atoms with Crippen LogP contribution in [0.2, 0.25) is 0 Å². The van der Waals surface area contributed by atoms with E-state index in [1.165, 1.54) is 40.6 Å². The lowest BCUT2D eigenvalue weighted by Crippen LogP contribution is -2.49. The van der Waals surface area contributed by atoms with Crippen LogP contribution >= 0.6 is 0 Å². The van der Waals surface area contributed by atoms with Crippen molar-refractivity contribution in [3.63, 3.8) is 0 Å². The van der Waals surface area contributed by atoms with Crippen LogP contribution in [0.4, 0.5) is 18.9 Å². The summed E-state index contributed by atoms with van der Waals surface area (Å²) in [5.74, 6) is -0.651. The van der Waals surface area contributed by atoms with E-state index in [2.05, 4.69) is 4.74 Å². The first-order chi connectivity index (χ1) is 19.1. The molecule has 0 bridgehead atoms. The number of methoxy groups -OCH3 is 1. The maximum absolute atomic E-state index is 13.6. The number of halogens is 3. The number of carbonyl (C=O) groups is 1. The maximum atomic E-state index is 13.6. The number of hydrogen-bond acceptors (Lipinski definition) is 6. The van der Waals surface area contributed by atoms with Crippen molar-refractivity contribution in [2.75, 3.05) is 44.7 Å². The second kappa shape index (κ2) is 11.0. The van der Waals surface area contributed by atoms with E-state index in [-0.39, 0.29) is 23.5 Å². The number of ether oxygens (including phenoxy) is 2. The number of nitrogens with zero attached hydrogens (tertiary/aromatic N) is 3. The van der Waals surface area contributed by atoms with Crippen LogP contribution in [-0.4, -0.2) is 69.7 Å². The van der Waals surface area contributed by atoms with Crippen molar-refractivity contribution in [3.05, 3.63) is 83.4 Å². The van der Waals surface area contributed by atoms with Gasteiger partial charge < -0.3 is 19.3 Å². The Kier molecular flexibility index (Phi) is 7.65. The predicted octanol–water partition coefficient (Wildman–Crippen LogP) is 4.30. The van der Waals surface area contributed by atoms with Crippen molar-refractivity contribution in [1.29, 1.82) is 0 Å². The topological polar surface area (TPSA) is 79.4 Å². The zero-order valence-corrected chi connectivity index (χ0v) is 22.5. The van der Waals surface area contributed by atoms with Gasteiger partial charge in [0.1, 0.15) is 11.5 Å². The van der Waals surface area contributed by atoms with Crippen molar-refractivity contribution in [2.45, 2.75) is 24.2 Å². The molecule has 1 amide bonds. The van der Waals surface area contributed by atoms with Gasteiger partial charge in [-0.3, -0.25) is 4.79 Å². The van der Waals surface area contributed by atoms with Gasteiger partial charge in [0.15, 0.2) is 0 Å². The van der Waals surface area contributed by atoms with Gasteiger partial charge in [0.25, 0.3) is 5.91 Å². The van der Waals surface area contributed by atoms with Crippen LogP contribution in [0.5, 0.6) is 11.5 Å². The predicted molar refractivity (Wildman–Crippen MR) is 142 cm³/mol. The molecule has 0 spiro atoms. The Morgan fingerprint density at radius 1 is 0.850 bits per heavy atom. The van der Waals surface area contributed by atoms with Crippen molar-refractivity contribution < 1.29 is 35.9 Å². The molecule has 0 aliphatic carbocycles. The lowest BCUT2D eigenvalue weighted by molar-refractivity contribution is -0.274. The fourth-order valence-corrected chi connectivity index (χ4v) is 6.52. The first-order valence-electron chi connectivity index (χ1n) is 12.7. The summed E-state index contributed by atoms with van der Waals surface area (Å²) in [5.41, 5.74) is 2.51. The Hall–Kier alpha value is -3.77. The normalized spacial score (nSPS) is 16.4. The first kappa shape index (κ1) is 27.8. The van der Waals surface area contributed by atoms with Gasteiger partial charge in [-0.2, -0.15) is 4.31 Å². The highest BCUT2D eigenvalue weighted by Gasteiger charge is 2.34. The average molecular weight is 576 g/mol. The summed E-state index contributed by atoms with van der Waals surface area (Å²) in [6, 6.07) is 17.8. The number of carbonyl (C=O) groups excluding carboxylic acids is 1. The number of fused-ring (bicyclic) bond motifs is 1. The summed E-state index contributed by atoms with van der Waals surface area (Å²) >= 11 is 0. The highest BCUT2D eigenvalue weighted by atomic mass is 32.2. The number of anilines is 1. The van der Waals surface area contributed by atoms with E-state index >= 15 is 0 Å². The molecule has 0 radical (unpaired) electrons. The second-order valence-corrected chi connectivity index (χ2v) is 11.5. The van der Waals surface area contributed by atoms with E-state index in [0.717, 1.165) is 17.2 Å². The van der Waals surface area contributed by atoms with Crippen LogP contribution in [0.3, 0.4) is 0 Å². The lowest BCUT2D eigenvalue weighted by Gasteiger charge is -2.37. The fraction of sp³-hybridized carbons (Fsp3) is 0.321. The molecule has 2 aliphatic heterocycles. The van der Waals surface area contributed by atoms with E-state index in [0.29, 0.717) is 44.0 Å². The van der Waals surface area contributed by atoms with Gasteiger partial charge in [-0.15, -0.1) is 13.2 Å². The van der Waals surface area contributed by atoms with E-state index in [9.17, 15) is 26.4 Å². The third-order valence-corrected chi connectivity index (χ3v) is 8.98. The molecule has 1 saturated heterocycles. The van der Waals surface area contributed by atoms with Gasteiger partial charge in [0.2, 0.25) is 10.0 Å². The van der Waals surface area contributed by atoms with Gasteiger partial charge >= 0.3 is 6.36 Å². The molecule has 8 nitrogen and oxygen atoms in total. The lowest BCUT2D eigenvalue weighted by atomic mass is 10.0. The molecule has 0 atom stereocenters. The van der Waals surface area contributed by atoms with Crippen molar-refractivity contribution in [2.24, 2.45) is 0 Å². The molecule has 0 N–H and O–H groups in total. The van der Waals surface area contributed by atoms with Gasteiger partial charge in [0, 0.05) is 39.3 Å². The minimum Gasteiger partial charge on any atom is -0.495 e. The highest BCUT2D eigenvalue weighted by Crippen LogP contribution is 2.34. The maximum Gasteiger partial charge on any atom is 0.573 e. The first-order valence-corrected chi connectivity index (χ1v) is 14.1. The van der Waals surface area contributed by atoms with Crippen LogP contribution in [0.25, 0.3) is 0 Å². The quantitative estimate of drug-likeness (QED) is 0.436. The summed E-state index contributed by atoms with van der Waals surface area (Å²) < 4.78 is 76.7. The Labute approximate surface area is 230 Å². The Morgan fingerprint density at radius 2 is 1.52 bits per heavy atom. The van der Waals surface area contributed by atoms with Crippen LogP contribution in [0, 0.1) is 0 Å². The largest absolute Gasteiger partial charge is 0.573 e. The molecule has 0 saturated carbocycles. The third kappa shape index (κ3) is 5.73. The highest BCUT2D eigenvalue weighted by molar-refractivity contribution is 7.89. The number of amides is 1. The number of para-hydroxylation sites is 1. The van der Waals surface area contributed by atoms with Crippen molar-refractivity contribution in [1.82, 2.24) is 9.21 Å².